The zero-order valence-electron chi connectivity index (χ0n) is 12.8. The van der Waals surface area contributed by atoms with Gasteiger partial charge in [-0.3, -0.25) is 9.69 Å². The van der Waals surface area contributed by atoms with E-state index < -0.39 is 0 Å². The van der Waals surface area contributed by atoms with Gasteiger partial charge in [-0.05, 0) is 37.1 Å². The number of nitriles is 1. The van der Waals surface area contributed by atoms with Gasteiger partial charge in [0, 0.05) is 50.9 Å². The third-order valence-electron chi connectivity index (χ3n) is 4.70. The zero-order chi connectivity index (χ0) is 15.4. The highest BCUT2D eigenvalue weighted by Gasteiger charge is 2.25. The van der Waals surface area contributed by atoms with Gasteiger partial charge in [-0.25, -0.2) is 0 Å². The number of benzene rings is 1. The van der Waals surface area contributed by atoms with Crippen LogP contribution >= 0.6 is 0 Å². The lowest BCUT2D eigenvalue weighted by Gasteiger charge is -2.40. The normalized spacial score (nSPS) is 23.5. The SMILES string of the molecule is N#Cc1ccc(N2CCN(C3CCNC(=O)CC3)CC2)cc1. The predicted octanol–water partition coefficient (Wildman–Crippen LogP) is 1.35. The maximum atomic E-state index is 11.4. The molecule has 0 radical (unpaired) electrons. The van der Waals surface area contributed by atoms with Crippen molar-refractivity contribution in [2.24, 2.45) is 0 Å². The Balaban J connectivity index is 1.55. The number of carbonyl (C=O) groups excluding carboxylic acids is 1. The molecule has 22 heavy (non-hydrogen) atoms. The molecule has 2 aliphatic rings. The maximum absolute atomic E-state index is 11.4. The molecule has 1 atom stereocenters. The van der Waals surface area contributed by atoms with Crippen molar-refractivity contribution in [1.82, 2.24) is 10.2 Å². The Morgan fingerprint density at radius 2 is 1.82 bits per heavy atom. The summed E-state index contributed by atoms with van der Waals surface area (Å²) in [4.78, 5) is 16.3. The molecular weight excluding hydrogens is 276 g/mol. The monoisotopic (exact) mass is 298 g/mol. The largest absolute Gasteiger partial charge is 0.369 e. The highest BCUT2D eigenvalue weighted by molar-refractivity contribution is 5.76. The molecule has 2 heterocycles. The van der Waals surface area contributed by atoms with Crippen LogP contribution in [-0.4, -0.2) is 49.6 Å². The summed E-state index contributed by atoms with van der Waals surface area (Å²) in [6, 6.07) is 10.5. The molecule has 5 nitrogen and oxygen atoms in total. The van der Waals surface area contributed by atoms with Crippen LogP contribution in [0.5, 0.6) is 0 Å². The van der Waals surface area contributed by atoms with Crippen LogP contribution in [0, 0.1) is 11.3 Å². The minimum absolute atomic E-state index is 0.193. The second kappa shape index (κ2) is 6.80. The highest BCUT2D eigenvalue weighted by Crippen LogP contribution is 2.20. The third-order valence-corrected chi connectivity index (χ3v) is 4.70. The maximum Gasteiger partial charge on any atom is 0.220 e. The van der Waals surface area contributed by atoms with E-state index in [2.05, 4.69) is 21.2 Å². The van der Waals surface area contributed by atoms with Crippen molar-refractivity contribution in [3.05, 3.63) is 29.8 Å². The van der Waals surface area contributed by atoms with Crippen molar-refractivity contribution in [3.8, 4) is 6.07 Å². The summed E-state index contributed by atoms with van der Waals surface area (Å²) >= 11 is 0. The van der Waals surface area contributed by atoms with E-state index in [1.54, 1.807) is 0 Å². The molecule has 5 heteroatoms. The number of rotatable bonds is 2. The average Bonchev–Trinajstić information content (AvgIpc) is 2.80. The second-order valence-corrected chi connectivity index (χ2v) is 6.01. The lowest BCUT2D eigenvalue weighted by Crippen LogP contribution is -2.50. The van der Waals surface area contributed by atoms with Gasteiger partial charge in [-0.2, -0.15) is 5.26 Å². The number of anilines is 1. The molecular formula is C17H22N4O. The van der Waals surface area contributed by atoms with Gasteiger partial charge in [-0.1, -0.05) is 0 Å². The summed E-state index contributed by atoms with van der Waals surface area (Å²) in [5.74, 6) is 0.193. The smallest absolute Gasteiger partial charge is 0.220 e. The standard InChI is InChI=1S/C17H22N4O/c18-13-14-1-3-15(4-2-14)20-9-11-21(12-10-20)16-5-6-17(22)19-8-7-16/h1-4,16H,5-12H2,(H,19,22). The number of nitrogens with one attached hydrogen (secondary N) is 1. The number of amides is 1. The van der Waals surface area contributed by atoms with Gasteiger partial charge in [0.1, 0.15) is 0 Å². The Bertz CT molecular complexity index is 555. The van der Waals surface area contributed by atoms with E-state index in [1.165, 1.54) is 5.69 Å². The van der Waals surface area contributed by atoms with Crippen LogP contribution in [0.2, 0.25) is 0 Å². The van der Waals surface area contributed by atoms with Crippen molar-refractivity contribution in [3.63, 3.8) is 0 Å². The van der Waals surface area contributed by atoms with E-state index in [-0.39, 0.29) is 5.91 Å². The second-order valence-electron chi connectivity index (χ2n) is 6.01. The first kappa shape index (κ1) is 14.9. The molecule has 0 aliphatic carbocycles. The van der Waals surface area contributed by atoms with Gasteiger partial charge in [0.15, 0.2) is 0 Å². The fourth-order valence-electron chi connectivity index (χ4n) is 3.37. The molecule has 0 bridgehead atoms. The molecule has 1 N–H and O–H groups in total. The fraction of sp³-hybridized carbons (Fsp3) is 0.529. The highest BCUT2D eigenvalue weighted by atomic mass is 16.1. The number of carbonyl (C=O) groups is 1. The van der Waals surface area contributed by atoms with E-state index >= 15 is 0 Å². The fourth-order valence-corrected chi connectivity index (χ4v) is 3.37. The molecule has 1 amide bonds. The van der Waals surface area contributed by atoms with Crippen LogP contribution < -0.4 is 10.2 Å². The van der Waals surface area contributed by atoms with Gasteiger partial charge in [0.05, 0.1) is 11.6 Å². The Morgan fingerprint density at radius 3 is 2.50 bits per heavy atom. The molecule has 1 aromatic rings. The molecule has 3 rings (SSSR count). The minimum Gasteiger partial charge on any atom is -0.369 e. The van der Waals surface area contributed by atoms with E-state index in [0.29, 0.717) is 18.0 Å². The lowest BCUT2D eigenvalue weighted by atomic mass is 10.1. The Morgan fingerprint density at radius 1 is 1.09 bits per heavy atom. The third kappa shape index (κ3) is 3.40. The van der Waals surface area contributed by atoms with Crippen molar-refractivity contribution in [2.45, 2.75) is 25.3 Å². The summed E-state index contributed by atoms with van der Waals surface area (Å²) in [5, 5.41) is 11.8. The Hall–Kier alpha value is -2.06. The van der Waals surface area contributed by atoms with Crippen molar-refractivity contribution in [1.29, 1.82) is 5.26 Å². The van der Waals surface area contributed by atoms with Gasteiger partial charge < -0.3 is 10.2 Å². The molecule has 0 saturated carbocycles. The Labute approximate surface area is 131 Å². The zero-order valence-corrected chi connectivity index (χ0v) is 12.8. The van der Waals surface area contributed by atoms with E-state index in [1.807, 2.05) is 24.3 Å². The van der Waals surface area contributed by atoms with Crippen LogP contribution in [0.4, 0.5) is 5.69 Å². The van der Waals surface area contributed by atoms with Gasteiger partial charge in [0.2, 0.25) is 5.91 Å². The summed E-state index contributed by atoms with van der Waals surface area (Å²) in [7, 11) is 0. The van der Waals surface area contributed by atoms with Crippen molar-refractivity contribution >= 4 is 11.6 Å². The lowest BCUT2D eigenvalue weighted by molar-refractivity contribution is -0.120. The molecule has 1 aromatic carbocycles. The molecule has 2 fully saturated rings. The van der Waals surface area contributed by atoms with Crippen LogP contribution in [0.25, 0.3) is 0 Å². The summed E-state index contributed by atoms with van der Waals surface area (Å²) in [6.45, 7) is 4.89. The first-order valence-corrected chi connectivity index (χ1v) is 8.02. The van der Waals surface area contributed by atoms with E-state index in [4.69, 9.17) is 5.26 Å². The molecule has 0 aromatic heterocycles. The van der Waals surface area contributed by atoms with Crippen molar-refractivity contribution < 1.29 is 4.79 Å². The molecule has 1 unspecified atom stereocenters. The predicted molar refractivity (Wildman–Crippen MR) is 85.6 cm³/mol. The molecule has 0 spiro atoms. The van der Waals surface area contributed by atoms with Crippen LogP contribution in [0.1, 0.15) is 24.8 Å². The number of hydrogen-bond acceptors (Lipinski definition) is 4. The molecule has 2 aliphatic heterocycles. The summed E-state index contributed by atoms with van der Waals surface area (Å²) in [5.41, 5.74) is 1.90. The summed E-state index contributed by atoms with van der Waals surface area (Å²) in [6.07, 6.45) is 2.69. The van der Waals surface area contributed by atoms with E-state index in [0.717, 1.165) is 45.6 Å². The Kier molecular flexibility index (Phi) is 4.59. The van der Waals surface area contributed by atoms with Crippen LogP contribution in [0.3, 0.4) is 0 Å². The topological polar surface area (TPSA) is 59.4 Å². The molecule has 2 saturated heterocycles. The summed E-state index contributed by atoms with van der Waals surface area (Å²) < 4.78 is 0. The van der Waals surface area contributed by atoms with Crippen molar-refractivity contribution in [2.75, 3.05) is 37.6 Å². The van der Waals surface area contributed by atoms with Gasteiger partial charge in [0.25, 0.3) is 0 Å². The quantitative estimate of drug-likeness (QED) is 0.895. The van der Waals surface area contributed by atoms with Crippen LogP contribution in [-0.2, 0) is 4.79 Å². The first-order valence-electron chi connectivity index (χ1n) is 8.02. The number of piperazine rings is 1. The minimum atomic E-state index is 0.193. The molecule has 116 valence electrons. The first-order chi connectivity index (χ1) is 10.8. The van der Waals surface area contributed by atoms with Crippen LogP contribution in [0.15, 0.2) is 24.3 Å². The average molecular weight is 298 g/mol. The van der Waals surface area contributed by atoms with Gasteiger partial charge >= 0.3 is 0 Å². The number of hydrogen-bond donors (Lipinski definition) is 1. The van der Waals surface area contributed by atoms with Gasteiger partial charge in [-0.15, -0.1) is 0 Å². The number of nitrogens with zero attached hydrogens (tertiary/aromatic N) is 3. The van der Waals surface area contributed by atoms with E-state index in [9.17, 15) is 4.79 Å².